The van der Waals surface area contributed by atoms with Crippen molar-refractivity contribution in [2.75, 3.05) is 38.5 Å². The van der Waals surface area contributed by atoms with Crippen LogP contribution in [0.25, 0.3) is 0 Å². The van der Waals surface area contributed by atoms with Crippen molar-refractivity contribution in [2.24, 2.45) is 4.99 Å². The Labute approximate surface area is 171 Å². The molecule has 29 heavy (non-hydrogen) atoms. The van der Waals surface area contributed by atoms with Gasteiger partial charge in [-0.15, -0.1) is 0 Å². The van der Waals surface area contributed by atoms with Crippen molar-refractivity contribution in [1.82, 2.24) is 15.5 Å². The predicted molar refractivity (Wildman–Crippen MR) is 114 cm³/mol. The maximum Gasteiger partial charge on any atom is 0.243 e. The summed E-state index contributed by atoms with van der Waals surface area (Å²) in [7, 11) is 1.68. The summed E-state index contributed by atoms with van der Waals surface area (Å²) in [6.45, 7) is 2.95. The van der Waals surface area contributed by atoms with Gasteiger partial charge in [-0.1, -0.05) is 30.3 Å². The van der Waals surface area contributed by atoms with E-state index in [1.165, 1.54) is 42.7 Å². The highest BCUT2D eigenvalue weighted by Crippen LogP contribution is 2.24. The first-order chi connectivity index (χ1) is 14.2. The molecule has 0 bridgehead atoms. The molecule has 0 aromatic heterocycles. The largest absolute Gasteiger partial charge is 0.354 e. The van der Waals surface area contributed by atoms with E-state index in [-0.39, 0.29) is 24.3 Å². The lowest BCUT2D eigenvalue weighted by molar-refractivity contribution is -0.115. The van der Waals surface area contributed by atoms with Gasteiger partial charge in [0.25, 0.3) is 0 Å². The van der Waals surface area contributed by atoms with Crippen LogP contribution in [0.15, 0.2) is 59.6 Å². The van der Waals surface area contributed by atoms with Crippen molar-refractivity contribution in [3.05, 3.63) is 66.0 Å². The number of nitrogens with one attached hydrogen (secondary N) is 3. The number of aliphatic imine (C=N–C) groups is 1. The summed E-state index contributed by atoms with van der Waals surface area (Å²) in [5, 5.41) is 9.10. The summed E-state index contributed by atoms with van der Waals surface area (Å²) in [5.74, 6) is 0.00907. The fourth-order valence-electron chi connectivity index (χ4n) is 3.50. The molecule has 6 nitrogen and oxygen atoms in total. The van der Waals surface area contributed by atoms with Gasteiger partial charge in [0.15, 0.2) is 5.96 Å². The van der Waals surface area contributed by atoms with Crippen molar-refractivity contribution in [2.45, 2.75) is 18.9 Å². The second kappa shape index (κ2) is 10.6. The highest BCUT2D eigenvalue weighted by molar-refractivity contribution is 5.94. The zero-order valence-corrected chi connectivity index (χ0v) is 16.7. The molecule has 0 aliphatic carbocycles. The fraction of sp³-hybridized carbons (Fsp3) is 0.364. The van der Waals surface area contributed by atoms with Gasteiger partial charge in [0.2, 0.25) is 5.91 Å². The van der Waals surface area contributed by atoms with Crippen LogP contribution in [0.5, 0.6) is 0 Å². The summed E-state index contributed by atoms with van der Waals surface area (Å²) in [6.07, 6.45) is 2.44. The number of hydrogen-bond donors (Lipinski definition) is 3. The van der Waals surface area contributed by atoms with Gasteiger partial charge in [-0.05, 0) is 55.8 Å². The molecule has 1 saturated heterocycles. The SMILES string of the molecule is CN=C(NCC(=O)Nc1ccc(F)cc1)NCC(c1ccccc1)N1CCCC1. The van der Waals surface area contributed by atoms with E-state index in [2.05, 4.69) is 50.1 Å². The molecule has 1 atom stereocenters. The van der Waals surface area contributed by atoms with Crippen LogP contribution in [0.1, 0.15) is 24.4 Å². The average molecular weight is 397 g/mol. The number of anilines is 1. The molecule has 3 rings (SSSR count). The van der Waals surface area contributed by atoms with E-state index in [1.807, 2.05) is 6.07 Å². The number of carbonyl (C=O) groups is 1. The van der Waals surface area contributed by atoms with Crippen molar-refractivity contribution in [3.8, 4) is 0 Å². The van der Waals surface area contributed by atoms with Crippen LogP contribution < -0.4 is 16.0 Å². The third-order valence-electron chi connectivity index (χ3n) is 5.00. The van der Waals surface area contributed by atoms with Gasteiger partial charge in [-0.2, -0.15) is 0 Å². The van der Waals surface area contributed by atoms with Crippen LogP contribution in [0.2, 0.25) is 0 Å². The molecular weight excluding hydrogens is 369 g/mol. The lowest BCUT2D eigenvalue weighted by Gasteiger charge is -2.28. The monoisotopic (exact) mass is 397 g/mol. The molecule has 7 heteroatoms. The minimum absolute atomic E-state index is 0.0662. The first-order valence-electron chi connectivity index (χ1n) is 9.94. The molecule has 1 unspecified atom stereocenters. The Hall–Kier alpha value is -2.93. The Morgan fingerprint density at radius 2 is 1.76 bits per heavy atom. The molecule has 1 fully saturated rings. The number of amides is 1. The standard InChI is InChI=1S/C22H28FN5O/c1-24-22(26-16-21(29)27-19-11-9-18(23)10-12-19)25-15-20(28-13-5-6-14-28)17-7-3-2-4-8-17/h2-4,7-12,20H,5-6,13-16H2,1H3,(H,27,29)(H2,24,25,26). The van der Waals surface area contributed by atoms with Gasteiger partial charge in [0, 0.05) is 19.3 Å². The van der Waals surface area contributed by atoms with Crippen molar-refractivity contribution >= 4 is 17.6 Å². The zero-order valence-electron chi connectivity index (χ0n) is 16.7. The molecule has 2 aromatic rings. The number of benzene rings is 2. The van der Waals surface area contributed by atoms with E-state index in [9.17, 15) is 9.18 Å². The molecule has 1 amide bonds. The molecule has 0 spiro atoms. The van der Waals surface area contributed by atoms with Gasteiger partial charge in [0.1, 0.15) is 5.82 Å². The molecule has 1 aliphatic rings. The number of nitrogens with zero attached hydrogens (tertiary/aromatic N) is 2. The molecular formula is C22H28FN5O. The van der Waals surface area contributed by atoms with E-state index in [0.717, 1.165) is 13.1 Å². The average Bonchev–Trinajstić information content (AvgIpc) is 3.27. The third kappa shape index (κ3) is 6.29. The molecule has 154 valence electrons. The van der Waals surface area contributed by atoms with Crippen LogP contribution in [-0.4, -0.2) is 50.0 Å². The lowest BCUT2D eigenvalue weighted by Crippen LogP contribution is -2.44. The number of halogens is 1. The van der Waals surface area contributed by atoms with Crippen LogP contribution in [0.3, 0.4) is 0 Å². The first-order valence-corrected chi connectivity index (χ1v) is 9.94. The van der Waals surface area contributed by atoms with E-state index >= 15 is 0 Å². The zero-order chi connectivity index (χ0) is 20.5. The smallest absolute Gasteiger partial charge is 0.243 e. The maximum atomic E-state index is 13.0. The van der Waals surface area contributed by atoms with Crippen molar-refractivity contribution in [1.29, 1.82) is 0 Å². The summed E-state index contributed by atoms with van der Waals surface area (Å²) >= 11 is 0. The van der Waals surface area contributed by atoms with E-state index < -0.39 is 0 Å². The topological polar surface area (TPSA) is 68.8 Å². The summed E-state index contributed by atoms with van der Waals surface area (Å²) in [4.78, 5) is 18.8. The number of rotatable bonds is 7. The Bertz CT molecular complexity index is 804. The number of carbonyl (C=O) groups excluding carboxylic acids is 1. The minimum Gasteiger partial charge on any atom is -0.354 e. The maximum absolute atomic E-state index is 13.0. The lowest BCUT2D eigenvalue weighted by atomic mass is 10.1. The second-order valence-corrected chi connectivity index (χ2v) is 7.03. The summed E-state index contributed by atoms with van der Waals surface area (Å²) in [6, 6.07) is 16.4. The van der Waals surface area contributed by atoms with Crippen molar-refractivity contribution < 1.29 is 9.18 Å². The van der Waals surface area contributed by atoms with Gasteiger partial charge in [0.05, 0.1) is 12.6 Å². The van der Waals surface area contributed by atoms with Gasteiger partial charge >= 0.3 is 0 Å². The molecule has 3 N–H and O–H groups in total. The van der Waals surface area contributed by atoms with Gasteiger partial charge in [-0.3, -0.25) is 14.7 Å². The van der Waals surface area contributed by atoms with Crippen molar-refractivity contribution in [3.63, 3.8) is 0 Å². The van der Waals surface area contributed by atoms with E-state index in [0.29, 0.717) is 18.2 Å². The second-order valence-electron chi connectivity index (χ2n) is 7.03. The fourth-order valence-corrected chi connectivity index (χ4v) is 3.50. The molecule has 0 radical (unpaired) electrons. The van der Waals surface area contributed by atoms with E-state index in [1.54, 1.807) is 7.05 Å². The molecule has 1 heterocycles. The molecule has 0 saturated carbocycles. The van der Waals surface area contributed by atoms with Crippen LogP contribution in [-0.2, 0) is 4.79 Å². The number of guanidine groups is 1. The highest BCUT2D eigenvalue weighted by atomic mass is 19.1. The van der Waals surface area contributed by atoms with Gasteiger partial charge < -0.3 is 16.0 Å². The van der Waals surface area contributed by atoms with E-state index in [4.69, 9.17) is 0 Å². The molecule has 2 aromatic carbocycles. The van der Waals surface area contributed by atoms with Crippen LogP contribution >= 0.6 is 0 Å². The predicted octanol–water partition coefficient (Wildman–Crippen LogP) is 2.77. The Morgan fingerprint density at radius 1 is 1.07 bits per heavy atom. The Morgan fingerprint density at radius 3 is 2.41 bits per heavy atom. The normalized spacial score (nSPS) is 15.7. The summed E-state index contributed by atoms with van der Waals surface area (Å²) < 4.78 is 13.0. The summed E-state index contributed by atoms with van der Waals surface area (Å²) in [5.41, 5.74) is 1.82. The number of hydrogen-bond acceptors (Lipinski definition) is 3. The highest BCUT2D eigenvalue weighted by Gasteiger charge is 2.23. The Kier molecular flexibility index (Phi) is 7.58. The quantitative estimate of drug-likeness (QED) is 0.496. The minimum atomic E-state index is -0.336. The van der Waals surface area contributed by atoms with Gasteiger partial charge in [-0.25, -0.2) is 4.39 Å². The van der Waals surface area contributed by atoms with Crippen LogP contribution in [0, 0.1) is 5.82 Å². The van der Waals surface area contributed by atoms with Crippen LogP contribution in [0.4, 0.5) is 10.1 Å². The third-order valence-corrected chi connectivity index (χ3v) is 5.00. The first kappa shape index (κ1) is 20.8. The number of likely N-dealkylation sites (tertiary alicyclic amines) is 1. The molecule has 1 aliphatic heterocycles. The Balaban J connectivity index is 1.51.